The van der Waals surface area contributed by atoms with E-state index in [-0.39, 0.29) is 34.8 Å². The molecule has 3 rings (SSSR count). The molecule has 0 aromatic heterocycles. The van der Waals surface area contributed by atoms with Crippen molar-refractivity contribution in [2.24, 2.45) is 0 Å². The highest BCUT2D eigenvalue weighted by molar-refractivity contribution is 6.11. The predicted octanol–water partition coefficient (Wildman–Crippen LogP) is 3.38. The standard InChI is InChI=1S/C25H26O8/c1-14(2)5-7-16-11-15(6-9-18(16)26)13-25(24(30)32-4)21(22(31-3)23(29)33-25)17-8-10-19(27)20(28)12-17/h5-6,8-12,26-28H,7,13H2,1-4H3/t25-/m1/s1. The number of carbonyl (C=O) groups is 2. The van der Waals surface area contributed by atoms with E-state index in [1.807, 2.05) is 19.9 Å². The number of aromatic hydroxyl groups is 3. The first kappa shape index (κ1) is 23.7. The molecule has 0 saturated carbocycles. The van der Waals surface area contributed by atoms with E-state index in [1.54, 1.807) is 12.1 Å². The number of methoxy groups -OCH3 is 2. The lowest BCUT2D eigenvalue weighted by Crippen LogP contribution is -2.44. The van der Waals surface area contributed by atoms with Gasteiger partial charge in [-0.05, 0) is 55.2 Å². The molecule has 0 radical (unpaired) electrons. The summed E-state index contributed by atoms with van der Waals surface area (Å²) in [7, 11) is 2.44. The van der Waals surface area contributed by atoms with Crippen LogP contribution in [-0.4, -0.2) is 47.1 Å². The number of esters is 2. The number of allylic oxidation sites excluding steroid dienone is 2. The fourth-order valence-corrected chi connectivity index (χ4v) is 3.79. The van der Waals surface area contributed by atoms with Crippen LogP contribution in [0.5, 0.6) is 17.2 Å². The van der Waals surface area contributed by atoms with Gasteiger partial charge in [-0.3, -0.25) is 0 Å². The molecule has 0 saturated heterocycles. The third-order valence-corrected chi connectivity index (χ3v) is 5.39. The van der Waals surface area contributed by atoms with Gasteiger partial charge < -0.3 is 29.5 Å². The third-order valence-electron chi connectivity index (χ3n) is 5.39. The maximum Gasteiger partial charge on any atom is 0.375 e. The van der Waals surface area contributed by atoms with E-state index in [9.17, 15) is 24.9 Å². The summed E-state index contributed by atoms with van der Waals surface area (Å²) in [5.74, 6) is -2.63. The first-order chi connectivity index (χ1) is 15.6. The van der Waals surface area contributed by atoms with Crippen LogP contribution in [0.4, 0.5) is 0 Å². The van der Waals surface area contributed by atoms with E-state index >= 15 is 0 Å². The van der Waals surface area contributed by atoms with Crippen LogP contribution in [-0.2, 0) is 36.6 Å². The monoisotopic (exact) mass is 454 g/mol. The van der Waals surface area contributed by atoms with Gasteiger partial charge in [0.05, 0.1) is 19.8 Å². The number of cyclic esters (lactones) is 1. The van der Waals surface area contributed by atoms with E-state index in [0.29, 0.717) is 17.5 Å². The van der Waals surface area contributed by atoms with Crippen molar-refractivity contribution in [2.45, 2.75) is 32.3 Å². The summed E-state index contributed by atoms with van der Waals surface area (Å²) in [5, 5.41) is 30.0. The van der Waals surface area contributed by atoms with Crippen LogP contribution in [0, 0.1) is 0 Å². The maximum absolute atomic E-state index is 13.1. The van der Waals surface area contributed by atoms with Crippen LogP contribution in [0.2, 0.25) is 0 Å². The van der Waals surface area contributed by atoms with Crippen molar-refractivity contribution in [3.8, 4) is 17.2 Å². The molecule has 0 unspecified atom stereocenters. The lowest BCUT2D eigenvalue weighted by Gasteiger charge is -2.28. The maximum atomic E-state index is 13.1. The van der Waals surface area contributed by atoms with Crippen LogP contribution in [0.3, 0.4) is 0 Å². The minimum atomic E-state index is -1.91. The van der Waals surface area contributed by atoms with Gasteiger partial charge in [-0.2, -0.15) is 0 Å². The van der Waals surface area contributed by atoms with E-state index in [0.717, 1.165) is 5.57 Å². The second-order valence-electron chi connectivity index (χ2n) is 7.95. The predicted molar refractivity (Wildman–Crippen MR) is 119 cm³/mol. The number of benzene rings is 2. The van der Waals surface area contributed by atoms with Gasteiger partial charge in [0.15, 0.2) is 11.5 Å². The number of carbonyl (C=O) groups excluding carboxylic acids is 2. The van der Waals surface area contributed by atoms with Crippen LogP contribution in [0.15, 0.2) is 53.8 Å². The molecule has 1 aliphatic heterocycles. The third kappa shape index (κ3) is 4.50. The van der Waals surface area contributed by atoms with E-state index < -0.39 is 23.3 Å². The van der Waals surface area contributed by atoms with E-state index in [2.05, 4.69) is 0 Å². The number of hydrogen-bond donors (Lipinski definition) is 3. The van der Waals surface area contributed by atoms with Crippen molar-refractivity contribution >= 4 is 17.5 Å². The average molecular weight is 454 g/mol. The van der Waals surface area contributed by atoms with Crippen molar-refractivity contribution in [2.75, 3.05) is 14.2 Å². The summed E-state index contributed by atoms with van der Waals surface area (Å²) in [4.78, 5) is 25.8. The van der Waals surface area contributed by atoms with E-state index in [1.165, 1.54) is 38.5 Å². The molecule has 1 heterocycles. The molecule has 0 spiro atoms. The first-order valence-electron chi connectivity index (χ1n) is 10.2. The molecular formula is C25H26O8. The molecule has 8 heteroatoms. The molecule has 0 aliphatic carbocycles. The number of phenols is 3. The van der Waals surface area contributed by atoms with Gasteiger partial charge in [0.1, 0.15) is 5.75 Å². The summed E-state index contributed by atoms with van der Waals surface area (Å²) >= 11 is 0. The second kappa shape index (κ2) is 9.28. The topological polar surface area (TPSA) is 123 Å². The Hall–Kier alpha value is -3.94. The molecule has 1 aliphatic rings. The van der Waals surface area contributed by atoms with Crippen LogP contribution >= 0.6 is 0 Å². The SMILES string of the molecule is COC(=O)[C@]1(Cc2ccc(O)c(CC=C(C)C)c2)OC(=O)C(OC)=C1c1ccc(O)c(O)c1. The molecule has 0 amide bonds. The Morgan fingerprint density at radius 3 is 2.33 bits per heavy atom. The molecule has 174 valence electrons. The van der Waals surface area contributed by atoms with Crippen LogP contribution in [0.1, 0.15) is 30.5 Å². The van der Waals surface area contributed by atoms with E-state index in [4.69, 9.17) is 14.2 Å². The molecule has 0 bridgehead atoms. The van der Waals surface area contributed by atoms with Gasteiger partial charge in [-0.25, -0.2) is 9.59 Å². The van der Waals surface area contributed by atoms with Gasteiger partial charge in [-0.15, -0.1) is 0 Å². The van der Waals surface area contributed by atoms with Crippen molar-refractivity contribution in [3.05, 3.63) is 70.5 Å². The fourth-order valence-electron chi connectivity index (χ4n) is 3.79. The number of hydrogen-bond acceptors (Lipinski definition) is 8. The summed E-state index contributed by atoms with van der Waals surface area (Å²) in [6, 6.07) is 8.73. The smallest absolute Gasteiger partial charge is 0.375 e. The highest BCUT2D eigenvalue weighted by atomic mass is 16.6. The molecule has 3 N–H and O–H groups in total. The highest BCUT2D eigenvalue weighted by Crippen LogP contribution is 2.45. The minimum absolute atomic E-state index is 0.0658. The fraction of sp³-hybridized carbons (Fsp3) is 0.280. The lowest BCUT2D eigenvalue weighted by molar-refractivity contribution is -0.169. The molecule has 2 aromatic rings. The summed E-state index contributed by atoms with van der Waals surface area (Å²) in [6.45, 7) is 3.89. The van der Waals surface area contributed by atoms with Gasteiger partial charge in [-0.1, -0.05) is 29.8 Å². The van der Waals surface area contributed by atoms with Crippen molar-refractivity contribution < 1.29 is 39.1 Å². The largest absolute Gasteiger partial charge is 0.508 e. The Morgan fingerprint density at radius 2 is 1.73 bits per heavy atom. The van der Waals surface area contributed by atoms with Crippen molar-refractivity contribution in [1.29, 1.82) is 0 Å². The number of ether oxygens (including phenoxy) is 3. The normalized spacial score (nSPS) is 17.5. The Bertz CT molecular complexity index is 1160. The second-order valence-corrected chi connectivity index (χ2v) is 7.95. The lowest BCUT2D eigenvalue weighted by atomic mass is 9.82. The van der Waals surface area contributed by atoms with Crippen molar-refractivity contribution in [1.82, 2.24) is 0 Å². The average Bonchev–Trinajstić information content (AvgIpc) is 3.07. The zero-order valence-corrected chi connectivity index (χ0v) is 18.8. The number of rotatable bonds is 7. The first-order valence-corrected chi connectivity index (χ1v) is 10.2. The zero-order chi connectivity index (χ0) is 24.3. The Morgan fingerprint density at radius 1 is 1.03 bits per heavy atom. The highest BCUT2D eigenvalue weighted by Gasteiger charge is 2.56. The molecule has 2 aromatic carbocycles. The molecule has 33 heavy (non-hydrogen) atoms. The Kier molecular flexibility index (Phi) is 6.67. The van der Waals surface area contributed by atoms with Gasteiger partial charge >= 0.3 is 11.9 Å². The zero-order valence-electron chi connectivity index (χ0n) is 18.8. The molecule has 8 nitrogen and oxygen atoms in total. The Balaban J connectivity index is 2.17. The summed E-state index contributed by atoms with van der Waals surface area (Å²) < 4.78 is 15.9. The summed E-state index contributed by atoms with van der Waals surface area (Å²) in [6.07, 6.45) is 2.32. The van der Waals surface area contributed by atoms with Crippen LogP contribution < -0.4 is 0 Å². The summed E-state index contributed by atoms with van der Waals surface area (Å²) in [5.41, 5.74) is 0.709. The number of phenolic OH excluding ortho intramolecular Hbond substituents is 3. The van der Waals surface area contributed by atoms with Crippen LogP contribution in [0.25, 0.3) is 5.57 Å². The minimum Gasteiger partial charge on any atom is -0.508 e. The Labute approximate surface area is 191 Å². The quantitative estimate of drug-likeness (QED) is 0.331. The van der Waals surface area contributed by atoms with Gasteiger partial charge in [0.2, 0.25) is 11.4 Å². The molecular weight excluding hydrogens is 428 g/mol. The molecule has 1 atom stereocenters. The molecule has 0 fully saturated rings. The van der Waals surface area contributed by atoms with Gasteiger partial charge in [0.25, 0.3) is 0 Å². The van der Waals surface area contributed by atoms with Crippen molar-refractivity contribution in [3.63, 3.8) is 0 Å². The van der Waals surface area contributed by atoms with Gasteiger partial charge in [0, 0.05) is 6.42 Å².